The van der Waals surface area contributed by atoms with Gasteiger partial charge >= 0.3 is 12.1 Å². The number of amides is 2. The zero-order valence-corrected chi connectivity index (χ0v) is 16.1. The summed E-state index contributed by atoms with van der Waals surface area (Å²) in [7, 11) is 1.15. The Morgan fingerprint density at radius 2 is 1.75 bits per heavy atom. The Balaban J connectivity index is 2.68. The molecule has 3 atom stereocenters. The molecule has 0 aliphatic rings. The van der Waals surface area contributed by atoms with Crippen LogP contribution in [-0.4, -0.2) is 54.2 Å². The van der Waals surface area contributed by atoms with Crippen LogP contribution in [0.15, 0.2) is 30.3 Å². The van der Waals surface area contributed by atoms with E-state index in [0.717, 1.165) is 12.7 Å². The lowest BCUT2D eigenvalue weighted by atomic mass is 10.1. The van der Waals surface area contributed by atoms with Crippen LogP contribution < -0.4 is 10.6 Å². The normalized spacial score (nSPS) is 13.6. The number of methoxy groups -OCH3 is 1. The summed E-state index contributed by atoms with van der Waals surface area (Å²) >= 11 is 0. The number of ether oxygens (including phenoxy) is 2. The first-order chi connectivity index (χ1) is 13.2. The number of hydrogen-bond donors (Lipinski definition) is 3. The molecular weight excluding hydrogens is 368 g/mol. The van der Waals surface area contributed by atoms with Crippen molar-refractivity contribution >= 4 is 23.8 Å². The molecule has 28 heavy (non-hydrogen) atoms. The molecule has 0 fully saturated rings. The number of benzene rings is 1. The molecule has 0 unspecified atom stereocenters. The number of nitrogens with one attached hydrogen (secondary N) is 2. The van der Waals surface area contributed by atoms with Crippen LogP contribution in [0.3, 0.4) is 0 Å². The molecule has 0 spiro atoms. The summed E-state index contributed by atoms with van der Waals surface area (Å²) in [6, 6.07) is 6.50. The van der Waals surface area contributed by atoms with Crippen LogP contribution in [-0.2, 0) is 30.5 Å². The van der Waals surface area contributed by atoms with Crippen molar-refractivity contribution in [3.8, 4) is 0 Å². The average Bonchev–Trinajstić information content (AvgIpc) is 2.67. The fraction of sp³-hybridized carbons (Fsp3) is 0.474. The Kier molecular flexibility index (Phi) is 9.66. The predicted octanol–water partition coefficient (Wildman–Crippen LogP) is 0.689. The molecule has 0 bridgehead atoms. The molecule has 0 aliphatic heterocycles. The van der Waals surface area contributed by atoms with Crippen LogP contribution in [0.4, 0.5) is 4.79 Å². The third-order valence-corrected chi connectivity index (χ3v) is 3.84. The zero-order chi connectivity index (χ0) is 21.1. The third-order valence-electron chi connectivity index (χ3n) is 3.84. The van der Waals surface area contributed by atoms with E-state index in [1.165, 1.54) is 13.8 Å². The van der Waals surface area contributed by atoms with Crippen molar-refractivity contribution in [1.29, 1.82) is 0 Å². The van der Waals surface area contributed by atoms with E-state index in [1.54, 1.807) is 24.3 Å². The first kappa shape index (κ1) is 23.1. The minimum atomic E-state index is -1.35. The van der Waals surface area contributed by atoms with Gasteiger partial charge in [0.1, 0.15) is 24.5 Å². The first-order valence-corrected chi connectivity index (χ1v) is 8.77. The highest BCUT2D eigenvalue weighted by atomic mass is 16.5. The van der Waals surface area contributed by atoms with E-state index in [4.69, 9.17) is 4.74 Å². The Hall–Kier alpha value is -2.94. The highest BCUT2D eigenvalue weighted by molar-refractivity contribution is 5.90. The maximum atomic E-state index is 12.4. The summed E-state index contributed by atoms with van der Waals surface area (Å²) in [5.41, 5.74) is 0.755. The number of hydrogen-bond acceptors (Lipinski definition) is 7. The highest BCUT2D eigenvalue weighted by Gasteiger charge is 2.30. The number of alkyl carbamates (subject to hydrolysis) is 1. The van der Waals surface area contributed by atoms with Crippen molar-refractivity contribution in [1.82, 2.24) is 10.6 Å². The molecule has 154 valence electrons. The lowest BCUT2D eigenvalue weighted by Gasteiger charge is -2.23. The van der Waals surface area contributed by atoms with E-state index in [2.05, 4.69) is 15.4 Å². The van der Waals surface area contributed by atoms with Crippen molar-refractivity contribution in [2.45, 2.75) is 51.5 Å². The topological polar surface area (TPSA) is 131 Å². The molecule has 0 aromatic heterocycles. The quantitative estimate of drug-likeness (QED) is 0.498. The van der Waals surface area contributed by atoms with Gasteiger partial charge in [0.25, 0.3) is 0 Å². The molecule has 0 radical (unpaired) electrons. The largest absolute Gasteiger partial charge is 0.467 e. The Labute approximate surface area is 163 Å². The average molecular weight is 394 g/mol. The molecular formula is C19H26N2O7. The molecule has 0 saturated carbocycles. The van der Waals surface area contributed by atoms with E-state index in [1.807, 2.05) is 6.07 Å². The molecule has 0 aliphatic carbocycles. The molecule has 9 nitrogen and oxygen atoms in total. The van der Waals surface area contributed by atoms with Crippen molar-refractivity contribution in [2.75, 3.05) is 7.11 Å². The highest BCUT2D eigenvalue weighted by Crippen LogP contribution is 2.05. The van der Waals surface area contributed by atoms with Gasteiger partial charge in [0, 0.05) is 6.42 Å². The second kappa shape index (κ2) is 11.7. The minimum absolute atomic E-state index is 0.00970. The van der Waals surface area contributed by atoms with Crippen LogP contribution in [0.25, 0.3) is 0 Å². The van der Waals surface area contributed by atoms with Crippen LogP contribution in [0.5, 0.6) is 0 Å². The van der Waals surface area contributed by atoms with Gasteiger partial charge in [-0.25, -0.2) is 9.59 Å². The van der Waals surface area contributed by atoms with Crippen molar-refractivity contribution in [3.05, 3.63) is 35.9 Å². The second-order valence-corrected chi connectivity index (χ2v) is 6.25. The smallest absolute Gasteiger partial charge is 0.408 e. The van der Waals surface area contributed by atoms with Gasteiger partial charge < -0.3 is 30.0 Å². The lowest BCUT2D eigenvalue weighted by Crippen LogP contribution is -2.56. The molecule has 0 heterocycles. The van der Waals surface area contributed by atoms with Gasteiger partial charge in [-0.15, -0.1) is 0 Å². The summed E-state index contributed by atoms with van der Waals surface area (Å²) < 4.78 is 9.65. The molecule has 9 heteroatoms. The molecule has 2 amide bonds. The standard InChI is InChI=1S/C19H26N2O7/c1-12(22)9-10-15(18(25)27-3)20-17(24)16(13(2)23)21-19(26)28-11-14-7-5-4-6-8-14/h4-8,13,15-16,23H,9-11H2,1-3H3,(H,20,24)(H,21,26)/t13-,15-,16+/m1/s1. The summed E-state index contributed by atoms with van der Waals surface area (Å²) in [6.45, 7) is 2.66. The molecule has 1 rings (SSSR count). The van der Waals surface area contributed by atoms with E-state index < -0.39 is 36.2 Å². The number of aliphatic hydroxyl groups is 1. The number of carbonyl (C=O) groups excluding carboxylic acids is 4. The van der Waals surface area contributed by atoms with Gasteiger partial charge in [-0.1, -0.05) is 30.3 Å². The van der Waals surface area contributed by atoms with Crippen LogP contribution in [0.1, 0.15) is 32.3 Å². The van der Waals surface area contributed by atoms with Gasteiger partial charge in [0.2, 0.25) is 5.91 Å². The predicted molar refractivity (Wildman–Crippen MR) is 99.1 cm³/mol. The number of ketones is 1. The number of rotatable bonds is 10. The SMILES string of the molecule is COC(=O)[C@@H](CCC(C)=O)NC(=O)[C@@H](NC(=O)OCc1ccccc1)[C@@H](C)O. The van der Waals surface area contributed by atoms with Gasteiger partial charge in [-0.05, 0) is 25.8 Å². The summed E-state index contributed by atoms with van der Waals surface area (Å²) in [6.07, 6.45) is -2.05. The van der Waals surface area contributed by atoms with Gasteiger partial charge in [-0.2, -0.15) is 0 Å². The van der Waals surface area contributed by atoms with Crippen LogP contribution in [0, 0.1) is 0 Å². The summed E-state index contributed by atoms with van der Waals surface area (Å²) in [4.78, 5) is 47.4. The molecule has 0 saturated heterocycles. The van der Waals surface area contributed by atoms with Crippen LogP contribution >= 0.6 is 0 Å². The van der Waals surface area contributed by atoms with E-state index >= 15 is 0 Å². The van der Waals surface area contributed by atoms with Crippen molar-refractivity contribution in [2.24, 2.45) is 0 Å². The molecule has 1 aromatic carbocycles. The van der Waals surface area contributed by atoms with E-state index in [0.29, 0.717) is 0 Å². The number of esters is 1. The number of aliphatic hydroxyl groups excluding tert-OH is 1. The second-order valence-electron chi connectivity index (χ2n) is 6.25. The summed E-state index contributed by atoms with van der Waals surface area (Å²) in [5, 5.41) is 14.5. The van der Waals surface area contributed by atoms with Gasteiger partial charge in [0.15, 0.2) is 0 Å². The number of carbonyl (C=O) groups is 4. The molecule has 3 N–H and O–H groups in total. The maximum absolute atomic E-state index is 12.4. The Bertz CT molecular complexity index is 676. The zero-order valence-electron chi connectivity index (χ0n) is 16.1. The van der Waals surface area contributed by atoms with Crippen LogP contribution in [0.2, 0.25) is 0 Å². The van der Waals surface area contributed by atoms with E-state index in [9.17, 15) is 24.3 Å². The Morgan fingerprint density at radius 3 is 2.29 bits per heavy atom. The van der Waals surface area contributed by atoms with Gasteiger partial charge in [0.05, 0.1) is 13.2 Å². The maximum Gasteiger partial charge on any atom is 0.408 e. The first-order valence-electron chi connectivity index (χ1n) is 8.77. The fourth-order valence-electron chi connectivity index (χ4n) is 2.30. The van der Waals surface area contributed by atoms with Gasteiger partial charge in [-0.3, -0.25) is 4.79 Å². The number of Topliss-reactive ketones (excluding diaryl/α,β-unsaturated/α-hetero) is 1. The van der Waals surface area contributed by atoms with Crippen molar-refractivity contribution in [3.63, 3.8) is 0 Å². The van der Waals surface area contributed by atoms with Crippen molar-refractivity contribution < 1.29 is 33.8 Å². The minimum Gasteiger partial charge on any atom is -0.467 e. The fourth-order valence-corrected chi connectivity index (χ4v) is 2.30. The third kappa shape index (κ3) is 8.17. The monoisotopic (exact) mass is 394 g/mol. The van der Waals surface area contributed by atoms with E-state index in [-0.39, 0.29) is 25.2 Å². The summed E-state index contributed by atoms with van der Waals surface area (Å²) in [5.74, 6) is -1.69. The molecule has 1 aromatic rings. The lowest BCUT2D eigenvalue weighted by molar-refractivity contribution is -0.146. The Morgan fingerprint density at radius 1 is 1.11 bits per heavy atom.